The van der Waals surface area contributed by atoms with Crippen LogP contribution in [0.15, 0.2) is 46.2 Å². The van der Waals surface area contributed by atoms with Gasteiger partial charge in [0.1, 0.15) is 17.1 Å². The molecule has 0 bridgehead atoms. The number of nitriles is 1. The lowest BCUT2D eigenvalue weighted by Gasteiger charge is -2.10. The Kier molecular flexibility index (Phi) is 5.46. The maximum absolute atomic E-state index is 13.7. The summed E-state index contributed by atoms with van der Waals surface area (Å²) in [7, 11) is 1.77. The van der Waals surface area contributed by atoms with Crippen molar-refractivity contribution in [2.24, 2.45) is 13.0 Å². The zero-order valence-electron chi connectivity index (χ0n) is 20.3. The van der Waals surface area contributed by atoms with Crippen LogP contribution < -0.4 is 11.2 Å². The van der Waals surface area contributed by atoms with Gasteiger partial charge in [-0.25, -0.2) is 9.78 Å². The Balaban J connectivity index is 1.68. The molecule has 11 heteroatoms. The Hall–Kier alpha value is -4.23. The molecule has 1 saturated carbocycles. The van der Waals surface area contributed by atoms with Crippen molar-refractivity contribution in [3.63, 3.8) is 0 Å². The molecule has 1 aliphatic rings. The van der Waals surface area contributed by atoms with Gasteiger partial charge in [-0.1, -0.05) is 11.6 Å². The Bertz CT molecular complexity index is 1870. The Morgan fingerprint density at radius 2 is 2.00 bits per heavy atom. The van der Waals surface area contributed by atoms with Gasteiger partial charge in [0.15, 0.2) is 17.2 Å². The molecule has 1 aromatic carbocycles. The van der Waals surface area contributed by atoms with Crippen LogP contribution in [0, 0.1) is 17.2 Å². The lowest BCUT2D eigenvalue weighted by Crippen LogP contribution is -2.40. The fraction of sp³-hybridized carbons (Fsp3) is 0.308. The highest BCUT2D eigenvalue weighted by Crippen LogP contribution is 2.32. The van der Waals surface area contributed by atoms with Gasteiger partial charge in [-0.2, -0.15) is 10.4 Å². The van der Waals surface area contributed by atoms with Crippen LogP contribution in [0.4, 0.5) is 0 Å². The monoisotopic (exact) mass is 514 g/mol. The van der Waals surface area contributed by atoms with E-state index in [1.807, 2.05) is 18.2 Å². The molecule has 4 heterocycles. The SMILES string of the molecule is CCn1c(=O)c2c(-c3nc(C#N)cn3C)n(Cc3ccnc4ccc(Cl)cc34)nc2n(CC2CC2)c1=O. The van der Waals surface area contributed by atoms with Crippen molar-refractivity contribution in [3.8, 4) is 17.6 Å². The minimum Gasteiger partial charge on any atom is -0.331 e. The fourth-order valence-electron chi connectivity index (χ4n) is 4.85. The Morgan fingerprint density at radius 1 is 1.19 bits per heavy atom. The van der Waals surface area contributed by atoms with E-state index in [2.05, 4.69) is 16.0 Å². The van der Waals surface area contributed by atoms with Crippen LogP contribution in [0.5, 0.6) is 0 Å². The molecule has 5 aromatic rings. The molecule has 186 valence electrons. The van der Waals surface area contributed by atoms with Gasteiger partial charge in [0.05, 0.1) is 12.1 Å². The summed E-state index contributed by atoms with van der Waals surface area (Å²) >= 11 is 6.29. The molecule has 6 rings (SSSR count). The van der Waals surface area contributed by atoms with Gasteiger partial charge in [0.25, 0.3) is 5.56 Å². The number of nitrogens with zero attached hydrogens (tertiary/aromatic N) is 8. The summed E-state index contributed by atoms with van der Waals surface area (Å²) in [5, 5.41) is 16.1. The number of imidazole rings is 1. The van der Waals surface area contributed by atoms with Gasteiger partial charge in [0, 0.05) is 42.9 Å². The predicted molar refractivity (Wildman–Crippen MR) is 139 cm³/mol. The second kappa shape index (κ2) is 8.71. The van der Waals surface area contributed by atoms with E-state index >= 15 is 0 Å². The van der Waals surface area contributed by atoms with E-state index in [0.717, 1.165) is 29.3 Å². The standard InChI is InChI=1S/C26H23ClN8O2/c1-3-33-25(36)21-22(24-30-18(11-28)14-32(24)2)35(31-23(21)34(26(33)37)12-15-4-5-15)13-16-8-9-29-20-7-6-17(27)10-19(16)20/h6-10,14-15H,3-5,12-13H2,1-2H3. The number of halogens is 1. The molecule has 0 radical (unpaired) electrons. The second-order valence-corrected chi connectivity index (χ2v) is 9.83. The maximum Gasteiger partial charge on any atom is 0.332 e. The molecule has 4 aromatic heterocycles. The lowest BCUT2D eigenvalue weighted by atomic mass is 10.1. The third-order valence-corrected chi connectivity index (χ3v) is 7.12. The van der Waals surface area contributed by atoms with Crippen molar-refractivity contribution in [2.45, 2.75) is 39.4 Å². The zero-order valence-corrected chi connectivity index (χ0v) is 21.1. The molecule has 0 spiro atoms. The number of benzene rings is 1. The normalized spacial score (nSPS) is 13.5. The Labute approximate surface area is 216 Å². The topological polar surface area (TPSA) is 116 Å². The quantitative estimate of drug-likeness (QED) is 0.343. The highest BCUT2D eigenvalue weighted by atomic mass is 35.5. The average Bonchev–Trinajstić information content (AvgIpc) is 3.52. The predicted octanol–water partition coefficient (Wildman–Crippen LogP) is 3.31. The van der Waals surface area contributed by atoms with Crippen LogP contribution >= 0.6 is 11.6 Å². The van der Waals surface area contributed by atoms with E-state index in [1.165, 1.54) is 4.57 Å². The Morgan fingerprint density at radius 3 is 2.70 bits per heavy atom. The second-order valence-electron chi connectivity index (χ2n) is 9.39. The fourth-order valence-corrected chi connectivity index (χ4v) is 5.02. The molecule has 37 heavy (non-hydrogen) atoms. The summed E-state index contributed by atoms with van der Waals surface area (Å²) in [4.78, 5) is 36.0. The highest BCUT2D eigenvalue weighted by Gasteiger charge is 2.29. The van der Waals surface area contributed by atoms with Gasteiger partial charge >= 0.3 is 5.69 Å². The lowest BCUT2D eigenvalue weighted by molar-refractivity contribution is 0.552. The van der Waals surface area contributed by atoms with E-state index in [0.29, 0.717) is 40.0 Å². The summed E-state index contributed by atoms with van der Waals surface area (Å²) in [6.07, 6.45) is 5.41. The molecule has 0 atom stereocenters. The van der Waals surface area contributed by atoms with Crippen LogP contribution in [0.1, 0.15) is 31.0 Å². The first kappa shape index (κ1) is 23.2. The number of pyridine rings is 1. The molecule has 1 aliphatic carbocycles. The number of hydrogen-bond acceptors (Lipinski definition) is 6. The minimum atomic E-state index is -0.417. The van der Waals surface area contributed by atoms with Crippen molar-refractivity contribution in [3.05, 3.63) is 73.8 Å². The first-order valence-corrected chi connectivity index (χ1v) is 12.5. The van der Waals surface area contributed by atoms with E-state index in [1.54, 1.807) is 46.2 Å². The summed E-state index contributed by atoms with van der Waals surface area (Å²) in [6, 6.07) is 9.44. The van der Waals surface area contributed by atoms with Crippen LogP contribution in [-0.2, 0) is 26.7 Å². The maximum atomic E-state index is 13.7. The summed E-state index contributed by atoms with van der Waals surface area (Å²) < 4.78 is 6.27. The summed E-state index contributed by atoms with van der Waals surface area (Å²) in [5.74, 6) is 0.814. The van der Waals surface area contributed by atoms with E-state index < -0.39 is 5.56 Å². The molecule has 0 saturated heterocycles. The number of hydrogen-bond donors (Lipinski definition) is 0. The molecule has 0 unspecified atom stereocenters. The van der Waals surface area contributed by atoms with Gasteiger partial charge in [-0.15, -0.1) is 0 Å². The third kappa shape index (κ3) is 3.83. The van der Waals surface area contributed by atoms with E-state index in [-0.39, 0.29) is 24.5 Å². The van der Waals surface area contributed by atoms with Gasteiger partial charge < -0.3 is 4.57 Å². The van der Waals surface area contributed by atoms with Crippen LogP contribution in [0.25, 0.3) is 33.5 Å². The number of aryl methyl sites for hydroxylation is 1. The third-order valence-electron chi connectivity index (χ3n) is 6.88. The number of rotatable bonds is 6. The average molecular weight is 515 g/mol. The molecular formula is C26H23ClN8O2. The molecule has 0 N–H and O–H groups in total. The van der Waals surface area contributed by atoms with Crippen LogP contribution in [0.2, 0.25) is 5.02 Å². The van der Waals surface area contributed by atoms with Crippen LogP contribution in [0.3, 0.4) is 0 Å². The van der Waals surface area contributed by atoms with Gasteiger partial charge in [0.2, 0.25) is 0 Å². The largest absolute Gasteiger partial charge is 0.332 e. The molecule has 10 nitrogen and oxygen atoms in total. The van der Waals surface area contributed by atoms with Crippen molar-refractivity contribution in [1.82, 2.24) is 33.4 Å². The van der Waals surface area contributed by atoms with Gasteiger partial charge in [-0.3, -0.25) is 23.6 Å². The summed E-state index contributed by atoms with van der Waals surface area (Å²) in [5.41, 5.74) is 1.91. The zero-order chi connectivity index (χ0) is 25.8. The van der Waals surface area contributed by atoms with Gasteiger partial charge in [-0.05, 0) is 55.5 Å². The first-order chi connectivity index (χ1) is 17.9. The number of fused-ring (bicyclic) bond motifs is 2. The van der Waals surface area contributed by atoms with E-state index in [4.69, 9.17) is 16.7 Å². The number of aromatic nitrogens is 7. The van der Waals surface area contributed by atoms with E-state index in [9.17, 15) is 14.9 Å². The first-order valence-electron chi connectivity index (χ1n) is 12.1. The smallest absolute Gasteiger partial charge is 0.331 e. The molecule has 0 aliphatic heterocycles. The highest BCUT2D eigenvalue weighted by molar-refractivity contribution is 6.31. The molecular weight excluding hydrogens is 492 g/mol. The van der Waals surface area contributed by atoms with Crippen LogP contribution in [-0.4, -0.2) is 33.4 Å². The molecule has 1 fully saturated rings. The van der Waals surface area contributed by atoms with Crippen molar-refractivity contribution < 1.29 is 0 Å². The van der Waals surface area contributed by atoms with Crippen molar-refractivity contribution in [2.75, 3.05) is 0 Å². The molecule has 0 amide bonds. The van der Waals surface area contributed by atoms with Crippen molar-refractivity contribution >= 4 is 33.5 Å². The van der Waals surface area contributed by atoms with Crippen molar-refractivity contribution in [1.29, 1.82) is 5.26 Å². The summed E-state index contributed by atoms with van der Waals surface area (Å²) in [6.45, 7) is 2.80. The minimum absolute atomic E-state index is 0.224.